The van der Waals surface area contributed by atoms with Gasteiger partial charge in [-0.15, -0.1) is 0 Å². The normalized spacial score (nSPS) is 28.2. The Labute approximate surface area is 80.5 Å². The summed E-state index contributed by atoms with van der Waals surface area (Å²) in [6.45, 7) is 4.37. The molecule has 0 amide bonds. The Kier molecular flexibility index (Phi) is 5.35. The largest absolute Gasteiger partial charge is 0.389 e. The van der Waals surface area contributed by atoms with Crippen LogP contribution in [0.25, 0.3) is 0 Å². The smallest absolute Gasteiger partial charge is 0.0948 e. The average molecular weight is 187 g/mol. The number of aliphatic hydroxyl groups excluding tert-OH is 1. The van der Waals surface area contributed by atoms with Crippen LogP contribution in [0.15, 0.2) is 0 Å². The van der Waals surface area contributed by atoms with E-state index < -0.39 is 0 Å². The van der Waals surface area contributed by atoms with E-state index in [1.807, 2.05) is 0 Å². The molecule has 0 radical (unpaired) electrons. The monoisotopic (exact) mass is 187 g/mol. The van der Waals surface area contributed by atoms with Gasteiger partial charge in [-0.25, -0.2) is 0 Å². The predicted octanol–water partition coefficient (Wildman–Crippen LogP) is 0.916. The van der Waals surface area contributed by atoms with Crippen molar-refractivity contribution >= 4 is 0 Å². The topological polar surface area (TPSA) is 41.5 Å². The number of unbranched alkanes of at least 4 members (excludes halogenated alkanes) is 3. The molecule has 1 fully saturated rings. The molecule has 0 spiro atoms. The van der Waals surface area contributed by atoms with Crippen molar-refractivity contribution < 1.29 is 9.84 Å². The van der Waals surface area contributed by atoms with Crippen LogP contribution in [0.1, 0.15) is 32.6 Å². The molecule has 0 aromatic rings. The second-order valence-corrected chi connectivity index (χ2v) is 3.73. The first-order valence-electron chi connectivity index (χ1n) is 5.33. The molecule has 1 heterocycles. The van der Waals surface area contributed by atoms with Crippen molar-refractivity contribution in [3.8, 4) is 0 Å². The van der Waals surface area contributed by atoms with E-state index in [0.29, 0.717) is 13.2 Å². The Morgan fingerprint density at radius 1 is 1.31 bits per heavy atom. The van der Waals surface area contributed by atoms with Gasteiger partial charge < -0.3 is 15.2 Å². The molecule has 13 heavy (non-hydrogen) atoms. The molecular weight excluding hydrogens is 166 g/mol. The molecule has 3 heteroatoms. The number of hydrogen-bond donors (Lipinski definition) is 2. The Morgan fingerprint density at radius 3 is 2.77 bits per heavy atom. The van der Waals surface area contributed by atoms with E-state index in [1.165, 1.54) is 25.7 Å². The highest BCUT2D eigenvalue weighted by molar-refractivity contribution is 4.80. The van der Waals surface area contributed by atoms with Crippen LogP contribution >= 0.6 is 0 Å². The predicted molar refractivity (Wildman–Crippen MR) is 52.8 cm³/mol. The van der Waals surface area contributed by atoms with Gasteiger partial charge in [-0.2, -0.15) is 0 Å². The van der Waals surface area contributed by atoms with E-state index in [9.17, 15) is 5.11 Å². The van der Waals surface area contributed by atoms with E-state index in [4.69, 9.17) is 4.74 Å². The molecular formula is C10H21NO2. The third kappa shape index (κ3) is 4.07. The zero-order valence-electron chi connectivity index (χ0n) is 8.46. The summed E-state index contributed by atoms with van der Waals surface area (Å²) in [5.74, 6) is 0. The summed E-state index contributed by atoms with van der Waals surface area (Å²) in [4.78, 5) is 0. The first-order chi connectivity index (χ1) is 6.34. The maximum atomic E-state index is 9.40. The van der Waals surface area contributed by atoms with Crippen molar-refractivity contribution in [3.63, 3.8) is 0 Å². The molecule has 3 nitrogen and oxygen atoms in total. The Balaban J connectivity index is 1.93. The van der Waals surface area contributed by atoms with Crippen molar-refractivity contribution in [3.05, 3.63) is 0 Å². The molecule has 2 N–H and O–H groups in total. The fraction of sp³-hybridized carbons (Fsp3) is 1.00. The molecule has 0 aromatic carbocycles. The minimum Gasteiger partial charge on any atom is -0.389 e. The first kappa shape index (κ1) is 11.0. The van der Waals surface area contributed by atoms with Gasteiger partial charge in [-0.1, -0.05) is 26.2 Å². The number of aliphatic hydroxyl groups is 1. The first-order valence-corrected chi connectivity index (χ1v) is 5.33. The van der Waals surface area contributed by atoms with Crippen LogP contribution in [0, 0.1) is 0 Å². The van der Waals surface area contributed by atoms with E-state index in [2.05, 4.69) is 12.2 Å². The summed E-state index contributed by atoms with van der Waals surface area (Å²) in [6, 6.07) is 0.168. The van der Waals surface area contributed by atoms with Crippen molar-refractivity contribution in [1.82, 2.24) is 5.32 Å². The molecule has 2 atom stereocenters. The Bertz CT molecular complexity index is 130. The van der Waals surface area contributed by atoms with Gasteiger partial charge in [0.25, 0.3) is 0 Å². The van der Waals surface area contributed by atoms with Crippen LogP contribution in [0.2, 0.25) is 0 Å². The summed E-state index contributed by atoms with van der Waals surface area (Å²) in [5, 5.41) is 12.7. The molecule has 0 aliphatic carbocycles. The second kappa shape index (κ2) is 6.35. The summed E-state index contributed by atoms with van der Waals surface area (Å²) >= 11 is 0. The fourth-order valence-electron chi connectivity index (χ4n) is 1.58. The van der Waals surface area contributed by atoms with Gasteiger partial charge >= 0.3 is 0 Å². The standard InChI is InChI=1S/C10H21NO2/c1-2-3-4-5-6-11-9-7-13-8-10(9)12/h9-12H,2-8H2,1H3/t9-,10-/m1/s1. The lowest BCUT2D eigenvalue weighted by Crippen LogP contribution is -2.39. The molecule has 1 rings (SSSR count). The van der Waals surface area contributed by atoms with Crippen LogP contribution < -0.4 is 5.32 Å². The van der Waals surface area contributed by atoms with Crippen LogP contribution in [-0.2, 0) is 4.74 Å². The van der Waals surface area contributed by atoms with E-state index in [0.717, 1.165) is 6.54 Å². The fourth-order valence-corrected chi connectivity index (χ4v) is 1.58. The lowest BCUT2D eigenvalue weighted by Gasteiger charge is -2.13. The maximum absolute atomic E-state index is 9.40. The molecule has 0 unspecified atom stereocenters. The molecule has 78 valence electrons. The highest BCUT2D eigenvalue weighted by Crippen LogP contribution is 2.05. The van der Waals surface area contributed by atoms with Crippen LogP contribution in [-0.4, -0.2) is 37.0 Å². The number of hydrogen-bond acceptors (Lipinski definition) is 3. The molecule has 0 aromatic heterocycles. The van der Waals surface area contributed by atoms with Crippen LogP contribution in [0.3, 0.4) is 0 Å². The minimum absolute atomic E-state index is 0.168. The highest BCUT2D eigenvalue weighted by atomic mass is 16.5. The highest BCUT2D eigenvalue weighted by Gasteiger charge is 2.24. The summed E-state index contributed by atoms with van der Waals surface area (Å²) in [7, 11) is 0. The SMILES string of the molecule is CCCCCCN[C@@H]1COC[C@H]1O. The lowest BCUT2D eigenvalue weighted by atomic mass is 10.2. The number of rotatable bonds is 6. The molecule has 1 aliphatic heterocycles. The second-order valence-electron chi connectivity index (χ2n) is 3.73. The van der Waals surface area contributed by atoms with Crippen LogP contribution in [0.5, 0.6) is 0 Å². The van der Waals surface area contributed by atoms with Crippen molar-refractivity contribution in [2.24, 2.45) is 0 Å². The van der Waals surface area contributed by atoms with Gasteiger partial charge in [0.15, 0.2) is 0 Å². The summed E-state index contributed by atoms with van der Waals surface area (Å²) in [5.41, 5.74) is 0. The van der Waals surface area contributed by atoms with Gasteiger partial charge in [0, 0.05) is 0 Å². The third-order valence-corrected chi connectivity index (χ3v) is 2.49. The van der Waals surface area contributed by atoms with Gasteiger partial charge in [0.1, 0.15) is 0 Å². The number of nitrogens with one attached hydrogen (secondary N) is 1. The third-order valence-electron chi connectivity index (χ3n) is 2.49. The average Bonchev–Trinajstić information content (AvgIpc) is 2.52. The van der Waals surface area contributed by atoms with Crippen LogP contribution in [0.4, 0.5) is 0 Å². The Morgan fingerprint density at radius 2 is 2.15 bits per heavy atom. The minimum atomic E-state index is -0.300. The van der Waals surface area contributed by atoms with E-state index >= 15 is 0 Å². The lowest BCUT2D eigenvalue weighted by molar-refractivity contribution is 0.122. The van der Waals surface area contributed by atoms with Gasteiger partial charge in [0.05, 0.1) is 25.4 Å². The summed E-state index contributed by atoms with van der Waals surface area (Å²) < 4.78 is 5.14. The van der Waals surface area contributed by atoms with Crippen molar-refractivity contribution in [2.75, 3.05) is 19.8 Å². The Hall–Kier alpha value is -0.120. The quantitative estimate of drug-likeness (QED) is 0.607. The van der Waals surface area contributed by atoms with E-state index in [1.54, 1.807) is 0 Å². The molecule has 1 aliphatic rings. The zero-order valence-corrected chi connectivity index (χ0v) is 8.46. The van der Waals surface area contributed by atoms with E-state index in [-0.39, 0.29) is 12.1 Å². The van der Waals surface area contributed by atoms with Gasteiger partial charge in [0.2, 0.25) is 0 Å². The molecule has 1 saturated heterocycles. The molecule has 0 saturated carbocycles. The molecule has 0 bridgehead atoms. The van der Waals surface area contributed by atoms with Crippen molar-refractivity contribution in [2.45, 2.75) is 44.8 Å². The summed E-state index contributed by atoms with van der Waals surface area (Å²) in [6.07, 6.45) is 4.77. The van der Waals surface area contributed by atoms with Gasteiger partial charge in [-0.05, 0) is 13.0 Å². The number of ether oxygens (including phenoxy) is 1. The maximum Gasteiger partial charge on any atom is 0.0948 e. The van der Waals surface area contributed by atoms with Crippen molar-refractivity contribution in [1.29, 1.82) is 0 Å². The zero-order chi connectivity index (χ0) is 9.52. The van der Waals surface area contributed by atoms with Gasteiger partial charge in [-0.3, -0.25) is 0 Å².